The molecule has 0 aliphatic rings. The van der Waals surface area contributed by atoms with Gasteiger partial charge in [-0.3, -0.25) is 4.79 Å². The molecule has 0 N–H and O–H groups in total. The lowest BCUT2D eigenvalue weighted by molar-refractivity contribution is -0.117. The molecule has 0 unspecified atom stereocenters. The Morgan fingerprint density at radius 3 is 2.09 bits per heavy atom. The summed E-state index contributed by atoms with van der Waals surface area (Å²) in [5.41, 5.74) is 4.42. The molecule has 7 heteroatoms. The van der Waals surface area contributed by atoms with Crippen LogP contribution < -0.4 is 0 Å². The molecule has 0 bridgehead atoms. The Labute approximate surface area is 217 Å². The number of sulfone groups is 1. The van der Waals surface area contributed by atoms with Gasteiger partial charge in [0.15, 0.2) is 15.5 Å². The van der Waals surface area contributed by atoms with E-state index in [1.165, 1.54) is 12.1 Å². The summed E-state index contributed by atoms with van der Waals surface area (Å²) in [6, 6.07) is 15.6. The summed E-state index contributed by atoms with van der Waals surface area (Å²) in [5, 5.41) is 0.837. The van der Waals surface area contributed by atoms with Crippen LogP contribution in [0.4, 0.5) is 5.69 Å². The second-order valence-corrected chi connectivity index (χ2v) is 12.0. The van der Waals surface area contributed by atoms with E-state index >= 15 is 0 Å². The molecule has 0 atom stereocenters. The lowest BCUT2D eigenvalue weighted by Crippen LogP contribution is -2.08. The normalized spacial score (nSPS) is 11.5. The number of nitrogens with zero attached hydrogens (tertiary/aromatic N) is 1. The molecule has 3 aromatic rings. The molecular weight excluding hydrogens is 501 g/mol. The number of carbonyl (C=O) groups excluding carboxylic acids is 1. The summed E-state index contributed by atoms with van der Waals surface area (Å²) in [6.45, 7) is 13.4. The Morgan fingerprint density at radius 1 is 0.943 bits per heavy atom. The van der Waals surface area contributed by atoms with Gasteiger partial charge < -0.3 is 0 Å². The third kappa shape index (κ3) is 6.73. The molecule has 0 aliphatic carbocycles. The van der Waals surface area contributed by atoms with Gasteiger partial charge >= 0.3 is 0 Å². The number of hydrogen-bond donors (Lipinski definition) is 0. The van der Waals surface area contributed by atoms with Crippen molar-refractivity contribution in [2.75, 3.05) is 5.75 Å². The third-order valence-electron chi connectivity index (χ3n) is 5.69. The van der Waals surface area contributed by atoms with Gasteiger partial charge in [-0.1, -0.05) is 68.2 Å². The fraction of sp³-hybridized carbons (Fsp3) is 0.286. The van der Waals surface area contributed by atoms with Gasteiger partial charge in [0.05, 0.1) is 27.3 Å². The molecule has 0 saturated heterocycles. The van der Waals surface area contributed by atoms with Crippen LogP contribution in [0, 0.1) is 12.5 Å². The highest BCUT2D eigenvalue weighted by molar-refractivity contribution is 7.91. The number of benzene rings is 3. The maximum absolute atomic E-state index is 12.7. The summed E-state index contributed by atoms with van der Waals surface area (Å²) < 4.78 is 23.9. The summed E-state index contributed by atoms with van der Waals surface area (Å²) >= 11 is 13.2. The van der Waals surface area contributed by atoms with Crippen LogP contribution in [0.1, 0.15) is 37.5 Å². The monoisotopic (exact) mass is 527 g/mol. The van der Waals surface area contributed by atoms with Gasteiger partial charge in [0.25, 0.3) is 0 Å². The largest absolute Gasteiger partial charge is 0.299 e. The van der Waals surface area contributed by atoms with Gasteiger partial charge in [-0.05, 0) is 64.9 Å². The molecule has 3 rings (SSSR count). The summed E-state index contributed by atoms with van der Waals surface area (Å²) in [4.78, 5) is 16.6. The van der Waals surface area contributed by atoms with Crippen molar-refractivity contribution >= 4 is 44.5 Å². The first-order valence-electron chi connectivity index (χ1n) is 11.4. The van der Waals surface area contributed by atoms with Gasteiger partial charge in [0.1, 0.15) is 5.78 Å². The molecule has 0 aromatic heterocycles. The average molecular weight is 529 g/mol. The van der Waals surface area contributed by atoms with Crippen molar-refractivity contribution in [1.82, 2.24) is 0 Å². The minimum Gasteiger partial charge on any atom is -0.299 e. The van der Waals surface area contributed by atoms with E-state index in [0.29, 0.717) is 32.8 Å². The number of rotatable bonds is 9. The van der Waals surface area contributed by atoms with E-state index < -0.39 is 9.84 Å². The molecule has 182 valence electrons. The quantitative estimate of drug-likeness (QED) is 0.269. The van der Waals surface area contributed by atoms with Crippen LogP contribution in [-0.2, 0) is 33.9 Å². The Hall–Kier alpha value is -2.65. The number of ketones is 1. The molecule has 0 amide bonds. The maximum atomic E-state index is 12.7. The minimum atomic E-state index is -3.27. The van der Waals surface area contributed by atoms with E-state index in [1.54, 1.807) is 31.2 Å². The van der Waals surface area contributed by atoms with E-state index in [9.17, 15) is 13.2 Å². The first-order chi connectivity index (χ1) is 16.5. The van der Waals surface area contributed by atoms with Crippen molar-refractivity contribution in [3.05, 3.63) is 92.8 Å². The van der Waals surface area contributed by atoms with Crippen molar-refractivity contribution in [1.29, 1.82) is 0 Å². The second kappa shape index (κ2) is 11.4. The molecule has 0 heterocycles. The van der Waals surface area contributed by atoms with Gasteiger partial charge in [0, 0.05) is 18.4 Å². The number of halogens is 2. The summed E-state index contributed by atoms with van der Waals surface area (Å²) in [6.07, 6.45) is 1.14. The molecule has 4 nitrogen and oxygen atoms in total. The van der Waals surface area contributed by atoms with Crippen molar-refractivity contribution in [2.45, 2.75) is 44.9 Å². The highest BCUT2D eigenvalue weighted by atomic mass is 35.5. The molecule has 0 fully saturated rings. The van der Waals surface area contributed by atoms with Crippen molar-refractivity contribution < 1.29 is 13.2 Å². The lowest BCUT2D eigenvalue weighted by Gasteiger charge is -2.13. The van der Waals surface area contributed by atoms with E-state index in [0.717, 1.165) is 23.1 Å². The molecule has 35 heavy (non-hydrogen) atoms. The highest BCUT2D eigenvalue weighted by Crippen LogP contribution is 2.38. The predicted molar refractivity (Wildman–Crippen MR) is 143 cm³/mol. The van der Waals surface area contributed by atoms with E-state index in [2.05, 4.69) is 18.7 Å². The number of carbonyl (C=O) groups is 1. The molecule has 0 spiro atoms. The summed E-state index contributed by atoms with van der Waals surface area (Å²) in [5.74, 6) is 0.432. The summed E-state index contributed by atoms with van der Waals surface area (Å²) in [7, 11) is -3.27. The molecular formula is C28H27Cl2NO3S. The van der Waals surface area contributed by atoms with Gasteiger partial charge in [0.2, 0.25) is 0 Å². The number of hydrogen-bond acceptors (Lipinski definition) is 3. The first-order valence-corrected chi connectivity index (χ1v) is 13.8. The van der Waals surface area contributed by atoms with Gasteiger partial charge in [-0.25, -0.2) is 13.3 Å². The average Bonchev–Trinajstić information content (AvgIpc) is 2.79. The molecule has 0 saturated carbocycles. The molecule has 3 aromatic carbocycles. The SMILES string of the molecule is [C-]#[N+]c1cc(-c2c(Cl)cc(CC(=O)Cc3ccc(S(=O)(=O)CC)cc3)cc2Cl)ccc1CC(C)C. The Bertz CT molecular complexity index is 1370. The maximum Gasteiger partial charge on any atom is 0.191 e. The van der Waals surface area contributed by atoms with Crippen LogP contribution >= 0.6 is 23.2 Å². The third-order valence-corrected chi connectivity index (χ3v) is 8.04. The second-order valence-electron chi connectivity index (χ2n) is 8.93. The van der Waals surface area contributed by atoms with E-state index in [1.807, 2.05) is 18.2 Å². The van der Waals surface area contributed by atoms with Crippen molar-refractivity contribution in [3.63, 3.8) is 0 Å². The highest BCUT2D eigenvalue weighted by Gasteiger charge is 2.16. The van der Waals surface area contributed by atoms with Crippen LogP contribution in [0.2, 0.25) is 10.0 Å². The van der Waals surface area contributed by atoms with Gasteiger partial charge in [-0.2, -0.15) is 0 Å². The van der Waals surface area contributed by atoms with Crippen LogP contribution in [0.3, 0.4) is 0 Å². The van der Waals surface area contributed by atoms with Crippen molar-refractivity contribution in [2.24, 2.45) is 5.92 Å². The predicted octanol–water partition coefficient (Wildman–Crippen LogP) is 7.56. The van der Waals surface area contributed by atoms with Gasteiger partial charge in [-0.15, -0.1) is 0 Å². The zero-order chi connectivity index (χ0) is 25.8. The lowest BCUT2D eigenvalue weighted by atomic mass is 9.96. The molecule has 0 radical (unpaired) electrons. The Balaban J connectivity index is 1.78. The first kappa shape index (κ1) is 26.9. The zero-order valence-corrected chi connectivity index (χ0v) is 22.3. The van der Waals surface area contributed by atoms with Crippen molar-refractivity contribution in [3.8, 4) is 11.1 Å². The number of Topliss-reactive ketones (excluding diaryl/α,β-unsaturated/α-hetero) is 1. The Morgan fingerprint density at radius 2 is 1.54 bits per heavy atom. The van der Waals surface area contributed by atoms with Crippen LogP contribution in [0.15, 0.2) is 59.5 Å². The van der Waals surface area contributed by atoms with E-state index in [-0.39, 0.29) is 29.3 Å². The Kier molecular flexibility index (Phi) is 8.77. The topological polar surface area (TPSA) is 55.6 Å². The van der Waals surface area contributed by atoms with E-state index in [4.69, 9.17) is 29.8 Å². The standard InChI is InChI=1S/C28H27Cl2NO3S/c1-5-35(33,34)24-10-6-19(7-11-24)13-23(32)14-20-15-25(29)28(26(30)16-20)22-9-8-21(12-18(2)3)27(17-22)31-4/h6-11,15-18H,5,12-14H2,1-3H3. The van der Waals surface area contributed by atoms with Crippen LogP contribution in [0.5, 0.6) is 0 Å². The fourth-order valence-electron chi connectivity index (χ4n) is 3.94. The zero-order valence-electron chi connectivity index (χ0n) is 19.9. The molecule has 0 aliphatic heterocycles. The van der Waals surface area contributed by atoms with Crippen LogP contribution in [-0.4, -0.2) is 20.0 Å². The smallest absolute Gasteiger partial charge is 0.191 e. The minimum absolute atomic E-state index is 0.0318. The fourth-order valence-corrected chi connectivity index (χ4v) is 5.57. The van der Waals surface area contributed by atoms with Crippen LogP contribution in [0.25, 0.3) is 16.0 Å².